The Morgan fingerprint density at radius 3 is 2.55 bits per heavy atom. The molecule has 0 bridgehead atoms. The van der Waals surface area contributed by atoms with Crippen LogP contribution in [0, 0.1) is 0 Å². The molecule has 0 unspecified atom stereocenters. The number of ether oxygens (including phenoxy) is 1. The third kappa shape index (κ3) is 2.79. The Kier molecular flexibility index (Phi) is 4.04. The van der Waals surface area contributed by atoms with Crippen molar-refractivity contribution in [2.75, 3.05) is 6.61 Å². The quantitative estimate of drug-likeness (QED) is 0.722. The maximum Gasteiger partial charge on any atom is 0.128 e. The molecule has 22 heavy (non-hydrogen) atoms. The monoisotopic (exact) mass is 296 g/mol. The largest absolute Gasteiger partial charge is 0.491 e. The van der Waals surface area contributed by atoms with Gasteiger partial charge in [-0.3, -0.25) is 4.98 Å². The van der Waals surface area contributed by atoms with Crippen LogP contribution in [0.2, 0.25) is 0 Å². The number of pyridine rings is 1. The number of benzene rings is 1. The molecule has 0 N–H and O–H groups in total. The van der Waals surface area contributed by atoms with Gasteiger partial charge in [-0.15, -0.1) is 10.2 Å². The molecule has 0 spiro atoms. The minimum absolute atomic E-state index is 0.173. The number of hydrogen-bond donors (Lipinski definition) is 0. The summed E-state index contributed by atoms with van der Waals surface area (Å²) in [5.74, 6) is 1.34. The van der Waals surface area contributed by atoms with Gasteiger partial charge in [0.2, 0.25) is 0 Å². The lowest BCUT2D eigenvalue weighted by molar-refractivity contribution is 0.263. The van der Waals surface area contributed by atoms with Crippen LogP contribution in [-0.2, 0) is 0 Å². The molecule has 0 radical (unpaired) electrons. The average molecular weight is 296 g/mol. The van der Waals surface area contributed by atoms with Gasteiger partial charge in [-0.05, 0) is 35.9 Å². The Balaban J connectivity index is 1.87. The van der Waals surface area contributed by atoms with Crippen LogP contribution >= 0.6 is 0 Å². The lowest BCUT2D eigenvalue weighted by atomic mass is 9.97. The molecule has 0 saturated heterocycles. The van der Waals surface area contributed by atoms with Crippen LogP contribution in [0.3, 0.4) is 0 Å². The second-order valence-electron chi connectivity index (χ2n) is 5.80. The Labute approximate surface area is 130 Å². The first-order valence-electron chi connectivity index (χ1n) is 7.50. The molecular formula is C17H20N4O. The van der Waals surface area contributed by atoms with E-state index in [2.05, 4.69) is 48.1 Å². The van der Waals surface area contributed by atoms with Gasteiger partial charge < -0.3 is 9.30 Å². The standard InChI is InChI=1S/C17H20N4O/c1-12(2)14-4-5-17(16-8-18-7-6-15(14)16)22-9-13(3)21-10-19-20-11-21/h4-8,10-13H,9H2,1-3H3/t13-/m1/s1. The predicted octanol–water partition coefficient (Wildman–Crippen LogP) is 3.59. The summed E-state index contributed by atoms with van der Waals surface area (Å²) in [6, 6.07) is 6.41. The van der Waals surface area contributed by atoms with Crippen LogP contribution < -0.4 is 4.74 Å². The minimum Gasteiger partial charge on any atom is -0.491 e. The van der Waals surface area contributed by atoms with E-state index in [1.54, 1.807) is 12.7 Å². The predicted molar refractivity (Wildman–Crippen MR) is 86.1 cm³/mol. The van der Waals surface area contributed by atoms with Crippen molar-refractivity contribution in [1.82, 2.24) is 19.7 Å². The highest BCUT2D eigenvalue weighted by atomic mass is 16.5. The molecule has 1 aromatic carbocycles. The van der Waals surface area contributed by atoms with Gasteiger partial charge in [-0.25, -0.2) is 0 Å². The molecule has 1 atom stereocenters. The van der Waals surface area contributed by atoms with Crippen molar-refractivity contribution in [2.24, 2.45) is 0 Å². The van der Waals surface area contributed by atoms with Crippen LogP contribution in [0.4, 0.5) is 0 Å². The molecule has 0 saturated carbocycles. The van der Waals surface area contributed by atoms with Gasteiger partial charge in [0.15, 0.2) is 0 Å². The van der Waals surface area contributed by atoms with E-state index in [1.807, 2.05) is 23.0 Å². The summed E-state index contributed by atoms with van der Waals surface area (Å²) in [6.45, 7) is 7.03. The summed E-state index contributed by atoms with van der Waals surface area (Å²) in [5.41, 5.74) is 1.32. The SMILES string of the molecule is CC(C)c1ccc(OC[C@@H](C)n2cnnc2)c2cnccc12. The smallest absolute Gasteiger partial charge is 0.128 e. The van der Waals surface area contributed by atoms with E-state index in [4.69, 9.17) is 4.74 Å². The third-order valence-electron chi connectivity index (χ3n) is 3.86. The van der Waals surface area contributed by atoms with Gasteiger partial charge in [-0.2, -0.15) is 0 Å². The zero-order valence-electron chi connectivity index (χ0n) is 13.1. The topological polar surface area (TPSA) is 52.8 Å². The van der Waals surface area contributed by atoms with Gasteiger partial charge in [0.1, 0.15) is 25.0 Å². The van der Waals surface area contributed by atoms with Gasteiger partial charge >= 0.3 is 0 Å². The van der Waals surface area contributed by atoms with Crippen molar-refractivity contribution in [1.29, 1.82) is 0 Å². The maximum atomic E-state index is 6.02. The fraction of sp³-hybridized carbons (Fsp3) is 0.353. The van der Waals surface area contributed by atoms with Gasteiger partial charge in [0.05, 0.1) is 6.04 Å². The molecule has 3 rings (SSSR count). The number of aromatic nitrogens is 4. The van der Waals surface area contributed by atoms with E-state index in [-0.39, 0.29) is 6.04 Å². The molecule has 2 heterocycles. The molecule has 114 valence electrons. The van der Waals surface area contributed by atoms with Crippen molar-refractivity contribution < 1.29 is 4.74 Å². The number of fused-ring (bicyclic) bond motifs is 1. The first-order chi connectivity index (χ1) is 10.7. The molecule has 2 aromatic heterocycles. The molecule has 0 aliphatic rings. The van der Waals surface area contributed by atoms with Crippen molar-refractivity contribution >= 4 is 10.8 Å². The van der Waals surface area contributed by atoms with Crippen LogP contribution in [-0.4, -0.2) is 26.4 Å². The van der Waals surface area contributed by atoms with Gasteiger partial charge in [0, 0.05) is 17.8 Å². The maximum absolute atomic E-state index is 6.02. The second kappa shape index (κ2) is 6.13. The normalized spacial score (nSPS) is 12.7. The molecule has 3 aromatic rings. The van der Waals surface area contributed by atoms with Crippen LogP contribution in [0.1, 0.15) is 38.3 Å². The van der Waals surface area contributed by atoms with Gasteiger partial charge in [0.25, 0.3) is 0 Å². The molecule has 0 aliphatic heterocycles. The molecular weight excluding hydrogens is 276 g/mol. The lowest BCUT2D eigenvalue weighted by Crippen LogP contribution is -2.13. The van der Waals surface area contributed by atoms with Gasteiger partial charge in [-0.1, -0.05) is 19.9 Å². The van der Waals surface area contributed by atoms with E-state index >= 15 is 0 Å². The van der Waals surface area contributed by atoms with Crippen molar-refractivity contribution in [3.63, 3.8) is 0 Å². The second-order valence-corrected chi connectivity index (χ2v) is 5.80. The zero-order chi connectivity index (χ0) is 15.5. The third-order valence-corrected chi connectivity index (χ3v) is 3.86. The molecule has 5 nitrogen and oxygen atoms in total. The Morgan fingerprint density at radius 2 is 1.82 bits per heavy atom. The summed E-state index contributed by atoms with van der Waals surface area (Å²) in [4.78, 5) is 4.25. The summed E-state index contributed by atoms with van der Waals surface area (Å²) in [7, 11) is 0. The first kappa shape index (κ1) is 14.5. The number of hydrogen-bond acceptors (Lipinski definition) is 4. The van der Waals surface area contributed by atoms with Crippen molar-refractivity contribution in [3.8, 4) is 5.75 Å². The van der Waals surface area contributed by atoms with E-state index in [1.165, 1.54) is 10.9 Å². The molecule has 5 heteroatoms. The summed E-state index contributed by atoms with van der Waals surface area (Å²) in [6.07, 6.45) is 7.11. The summed E-state index contributed by atoms with van der Waals surface area (Å²) < 4.78 is 7.96. The first-order valence-corrected chi connectivity index (χ1v) is 7.50. The van der Waals surface area contributed by atoms with Crippen LogP contribution in [0.15, 0.2) is 43.2 Å². The highest BCUT2D eigenvalue weighted by Gasteiger charge is 2.11. The van der Waals surface area contributed by atoms with Crippen LogP contribution in [0.5, 0.6) is 5.75 Å². The van der Waals surface area contributed by atoms with Crippen molar-refractivity contribution in [2.45, 2.75) is 32.7 Å². The Bertz CT molecular complexity index is 752. The summed E-state index contributed by atoms with van der Waals surface area (Å²) in [5, 5.41) is 9.92. The highest BCUT2D eigenvalue weighted by Crippen LogP contribution is 2.32. The summed E-state index contributed by atoms with van der Waals surface area (Å²) >= 11 is 0. The fourth-order valence-electron chi connectivity index (χ4n) is 2.55. The Hall–Kier alpha value is -2.43. The van der Waals surface area contributed by atoms with E-state index in [9.17, 15) is 0 Å². The fourth-order valence-corrected chi connectivity index (χ4v) is 2.55. The van der Waals surface area contributed by atoms with E-state index in [0.717, 1.165) is 11.1 Å². The molecule has 0 fully saturated rings. The zero-order valence-corrected chi connectivity index (χ0v) is 13.1. The van der Waals surface area contributed by atoms with Crippen LogP contribution in [0.25, 0.3) is 10.8 Å². The average Bonchev–Trinajstić information content (AvgIpc) is 3.06. The molecule has 0 amide bonds. The lowest BCUT2D eigenvalue weighted by Gasteiger charge is -2.17. The van der Waals surface area contributed by atoms with Crippen molar-refractivity contribution in [3.05, 3.63) is 48.8 Å². The van der Waals surface area contributed by atoms with E-state index < -0.39 is 0 Å². The minimum atomic E-state index is 0.173. The van der Waals surface area contributed by atoms with E-state index in [0.29, 0.717) is 12.5 Å². The highest BCUT2D eigenvalue weighted by molar-refractivity contribution is 5.90. The Morgan fingerprint density at radius 1 is 1.05 bits per heavy atom. The number of rotatable bonds is 5. The number of nitrogens with zero attached hydrogens (tertiary/aromatic N) is 4. The molecule has 0 aliphatic carbocycles.